The van der Waals surface area contributed by atoms with Crippen LogP contribution in [0.2, 0.25) is 0 Å². The lowest BCUT2D eigenvalue weighted by molar-refractivity contribution is -0.139. The molecule has 9 nitrogen and oxygen atoms in total. The first kappa shape index (κ1) is 29.1. The minimum Gasteiger partial charge on any atom is -0.497 e. The summed E-state index contributed by atoms with van der Waals surface area (Å²) in [6.07, 6.45) is 0.710. The van der Waals surface area contributed by atoms with Gasteiger partial charge in [0, 0.05) is 26.7 Å². The van der Waals surface area contributed by atoms with Gasteiger partial charge in [-0.2, -0.15) is 12.7 Å². The molecule has 0 heterocycles. The molecular formula is C25H35FN4O5S. The number of carbonyl (C=O) groups excluding carboxylic acids is 2. The predicted molar refractivity (Wildman–Crippen MR) is 137 cm³/mol. The van der Waals surface area contributed by atoms with Gasteiger partial charge in [0.05, 0.1) is 12.8 Å². The topological polar surface area (TPSA) is 99.3 Å². The van der Waals surface area contributed by atoms with Gasteiger partial charge in [-0.05, 0) is 62.2 Å². The number of ether oxygens (including phenoxy) is 1. The number of hydrogen-bond acceptors (Lipinski definition) is 5. The number of halogens is 1. The monoisotopic (exact) mass is 522 g/mol. The molecule has 36 heavy (non-hydrogen) atoms. The van der Waals surface area contributed by atoms with Gasteiger partial charge in [0.15, 0.2) is 0 Å². The maximum atomic E-state index is 13.6. The van der Waals surface area contributed by atoms with E-state index in [1.165, 1.54) is 38.2 Å². The number of methoxy groups -OCH3 is 1. The summed E-state index contributed by atoms with van der Waals surface area (Å²) < 4.78 is 46.8. The number of nitrogens with zero attached hydrogens (tertiary/aromatic N) is 3. The van der Waals surface area contributed by atoms with Crippen molar-refractivity contribution in [3.8, 4) is 5.75 Å². The molecule has 198 valence electrons. The molecule has 0 unspecified atom stereocenters. The fraction of sp³-hybridized carbons (Fsp3) is 0.440. The summed E-state index contributed by atoms with van der Waals surface area (Å²) in [5.41, 5.74) is 0.825. The summed E-state index contributed by atoms with van der Waals surface area (Å²) >= 11 is 0. The molecule has 0 aliphatic carbocycles. The van der Waals surface area contributed by atoms with Crippen LogP contribution in [-0.4, -0.2) is 69.3 Å². The Morgan fingerprint density at radius 3 is 2.28 bits per heavy atom. The highest BCUT2D eigenvalue weighted by Gasteiger charge is 2.33. The molecule has 0 spiro atoms. The Morgan fingerprint density at radius 1 is 1.08 bits per heavy atom. The molecule has 0 radical (unpaired) electrons. The van der Waals surface area contributed by atoms with E-state index >= 15 is 0 Å². The van der Waals surface area contributed by atoms with Gasteiger partial charge < -0.3 is 15.0 Å². The number of hydrogen-bond donors (Lipinski definition) is 1. The molecule has 0 aliphatic heterocycles. The SMILES string of the molecule is CC[C@@H](C)NC(=O)[C@@H](C)N(Cc1cccc(OC)c1)C(=O)CN(c1ccc(F)cc1)S(=O)(=O)N(C)C. The molecule has 0 aliphatic rings. The van der Waals surface area contributed by atoms with E-state index in [2.05, 4.69) is 5.32 Å². The Balaban J connectivity index is 2.46. The van der Waals surface area contributed by atoms with Crippen LogP contribution in [0.4, 0.5) is 10.1 Å². The number of nitrogens with one attached hydrogen (secondary N) is 1. The maximum absolute atomic E-state index is 13.6. The standard InChI is InChI=1S/C25H35FN4O5S/c1-7-18(2)27-25(32)19(3)29(16-20-9-8-10-23(15-20)35-6)24(31)17-30(36(33,34)28(4)5)22-13-11-21(26)12-14-22/h8-15,18-19H,7,16-17H2,1-6H3,(H,27,32)/t18-,19-/m1/s1. The van der Waals surface area contributed by atoms with Crippen LogP contribution in [0.5, 0.6) is 5.75 Å². The van der Waals surface area contributed by atoms with Crippen molar-refractivity contribution >= 4 is 27.7 Å². The van der Waals surface area contributed by atoms with Gasteiger partial charge in [0.25, 0.3) is 0 Å². The van der Waals surface area contributed by atoms with Crippen molar-refractivity contribution in [1.29, 1.82) is 0 Å². The van der Waals surface area contributed by atoms with Crippen LogP contribution in [0.15, 0.2) is 48.5 Å². The van der Waals surface area contributed by atoms with E-state index in [0.29, 0.717) is 17.7 Å². The first-order valence-electron chi connectivity index (χ1n) is 11.6. The van der Waals surface area contributed by atoms with Gasteiger partial charge in [-0.15, -0.1) is 0 Å². The minimum absolute atomic E-state index is 0.0460. The van der Waals surface area contributed by atoms with Crippen molar-refractivity contribution in [2.24, 2.45) is 0 Å². The van der Waals surface area contributed by atoms with Crippen molar-refractivity contribution in [3.05, 3.63) is 59.9 Å². The van der Waals surface area contributed by atoms with Crippen molar-refractivity contribution in [3.63, 3.8) is 0 Å². The molecule has 0 fully saturated rings. The highest BCUT2D eigenvalue weighted by Crippen LogP contribution is 2.22. The quantitative estimate of drug-likeness (QED) is 0.462. The summed E-state index contributed by atoms with van der Waals surface area (Å²) in [5.74, 6) is -0.911. The Morgan fingerprint density at radius 2 is 1.72 bits per heavy atom. The maximum Gasteiger partial charge on any atom is 0.304 e. The van der Waals surface area contributed by atoms with Crippen LogP contribution in [0, 0.1) is 5.82 Å². The van der Waals surface area contributed by atoms with Gasteiger partial charge >= 0.3 is 10.2 Å². The lowest BCUT2D eigenvalue weighted by Gasteiger charge is -2.33. The van der Waals surface area contributed by atoms with E-state index in [0.717, 1.165) is 20.7 Å². The molecule has 0 saturated carbocycles. The molecule has 2 rings (SSSR count). The van der Waals surface area contributed by atoms with Crippen LogP contribution in [0.1, 0.15) is 32.8 Å². The van der Waals surface area contributed by atoms with E-state index in [4.69, 9.17) is 4.74 Å². The third-order valence-corrected chi connectivity index (χ3v) is 7.61. The van der Waals surface area contributed by atoms with Gasteiger partial charge in [-0.1, -0.05) is 19.1 Å². The molecule has 0 saturated heterocycles. The summed E-state index contributed by atoms with van der Waals surface area (Å²) in [4.78, 5) is 27.9. The molecule has 1 N–H and O–H groups in total. The lowest BCUT2D eigenvalue weighted by atomic mass is 10.1. The highest BCUT2D eigenvalue weighted by atomic mass is 32.2. The smallest absolute Gasteiger partial charge is 0.304 e. The van der Waals surface area contributed by atoms with Crippen LogP contribution in [0.25, 0.3) is 0 Å². The van der Waals surface area contributed by atoms with E-state index in [1.54, 1.807) is 31.2 Å². The van der Waals surface area contributed by atoms with Crippen LogP contribution in [0.3, 0.4) is 0 Å². The summed E-state index contributed by atoms with van der Waals surface area (Å²) in [5, 5.41) is 2.87. The second kappa shape index (κ2) is 12.7. The summed E-state index contributed by atoms with van der Waals surface area (Å²) in [6.45, 7) is 4.85. The molecule has 2 amide bonds. The number of anilines is 1. The molecule has 11 heteroatoms. The molecular weight excluding hydrogens is 487 g/mol. The molecule has 2 atom stereocenters. The van der Waals surface area contributed by atoms with Gasteiger partial charge in [0.2, 0.25) is 11.8 Å². The Labute approximate surface area is 213 Å². The highest BCUT2D eigenvalue weighted by molar-refractivity contribution is 7.90. The number of carbonyl (C=O) groups is 2. The lowest BCUT2D eigenvalue weighted by Crippen LogP contribution is -2.53. The zero-order chi connectivity index (χ0) is 27.0. The van der Waals surface area contributed by atoms with Crippen molar-refractivity contribution in [2.45, 2.75) is 45.8 Å². The fourth-order valence-electron chi connectivity index (χ4n) is 3.34. The van der Waals surface area contributed by atoms with E-state index in [1.807, 2.05) is 13.8 Å². The molecule has 2 aromatic rings. The average molecular weight is 523 g/mol. The number of rotatable bonds is 12. The first-order valence-corrected chi connectivity index (χ1v) is 13.0. The van der Waals surface area contributed by atoms with E-state index in [9.17, 15) is 22.4 Å². The Hall–Kier alpha value is -3.18. The summed E-state index contributed by atoms with van der Waals surface area (Å²) in [6, 6.07) is 10.9. The van der Waals surface area contributed by atoms with Crippen LogP contribution in [-0.2, 0) is 26.3 Å². The largest absolute Gasteiger partial charge is 0.497 e. The molecule has 0 bridgehead atoms. The van der Waals surface area contributed by atoms with Crippen molar-refractivity contribution in [1.82, 2.24) is 14.5 Å². The van der Waals surface area contributed by atoms with E-state index < -0.39 is 34.5 Å². The Kier molecular flexibility index (Phi) is 10.2. The molecule has 0 aromatic heterocycles. The summed E-state index contributed by atoms with van der Waals surface area (Å²) in [7, 11) is 0.0947. The Bertz CT molecular complexity index is 1140. The zero-order valence-electron chi connectivity index (χ0n) is 21.6. The second-order valence-corrected chi connectivity index (χ2v) is 10.7. The van der Waals surface area contributed by atoms with Gasteiger partial charge in [-0.3, -0.25) is 9.59 Å². The van der Waals surface area contributed by atoms with Gasteiger partial charge in [-0.25, -0.2) is 8.70 Å². The van der Waals surface area contributed by atoms with E-state index in [-0.39, 0.29) is 24.2 Å². The minimum atomic E-state index is -4.11. The van der Waals surface area contributed by atoms with Crippen molar-refractivity contribution < 1.29 is 27.1 Å². The zero-order valence-corrected chi connectivity index (χ0v) is 22.4. The van der Waals surface area contributed by atoms with Crippen molar-refractivity contribution in [2.75, 3.05) is 32.1 Å². The third-order valence-electron chi connectivity index (χ3n) is 5.79. The average Bonchev–Trinajstić information content (AvgIpc) is 2.85. The fourth-order valence-corrected chi connectivity index (χ4v) is 4.40. The van der Waals surface area contributed by atoms with Crippen LogP contribution >= 0.6 is 0 Å². The first-order chi connectivity index (χ1) is 16.9. The second-order valence-electron chi connectivity index (χ2n) is 8.64. The number of benzene rings is 2. The molecule has 2 aromatic carbocycles. The number of amides is 2. The third kappa shape index (κ3) is 7.41. The van der Waals surface area contributed by atoms with Crippen LogP contribution < -0.4 is 14.4 Å². The normalized spacial score (nSPS) is 13.1. The predicted octanol–water partition coefficient (Wildman–Crippen LogP) is 2.78. The van der Waals surface area contributed by atoms with Gasteiger partial charge in [0.1, 0.15) is 24.2 Å².